The molecule has 1 heterocycles. The summed E-state index contributed by atoms with van der Waals surface area (Å²) in [4.78, 5) is 21.3. The van der Waals surface area contributed by atoms with Crippen LogP contribution in [0.2, 0.25) is 0 Å². The Morgan fingerprint density at radius 2 is 1.71 bits per heavy atom. The van der Waals surface area contributed by atoms with Crippen LogP contribution in [0, 0.1) is 16.5 Å². The number of hydrogen-bond acceptors (Lipinski definition) is 8. The fourth-order valence-electron chi connectivity index (χ4n) is 3.05. The van der Waals surface area contributed by atoms with Crippen LogP contribution in [0.5, 0.6) is 11.5 Å². The van der Waals surface area contributed by atoms with Gasteiger partial charge in [0.2, 0.25) is 0 Å². The number of nitroso groups, excluding NO2 is 1. The molecular formula is C22H21F5N3O6PS. The summed E-state index contributed by atoms with van der Waals surface area (Å²) in [5.74, 6) is -2.54. The molecule has 0 fully saturated rings. The first kappa shape index (κ1) is 29.6. The van der Waals surface area contributed by atoms with Crippen molar-refractivity contribution in [2.24, 2.45) is 4.95 Å². The van der Waals surface area contributed by atoms with Crippen LogP contribution in [0.3, 0.4) is 0 Å². The van der Waals surface area contributed by atoms with Crippen LogP contribution in [-0.4, -0.2) is 34.9 Å². The van der Waals surface area contributed by atoms with Gasteiger partial charge in [-0.2, -0.15) is 13.2 Å². The summed E-state index contributed by atoms with van der Waals surface area (Å²) in [5, 5.41) is 8.24. The van der Waals surface area contributed by atoms with Crippen molar-refractivity contribution >= 4 is 19.1 Å². The molecule has 9 nitrogen and oxygen atoms in total. The van der Waals surface area contributed by atoms with Crippen LogP contribution in [-0.2, 0) is 15.3 Å². The third-order valence-electron chi connectivity index (χ3n) is 4.89. The van der Waals surface area contributed by atoms with E-state index in [1.54, 1.807) is 6.92 Å². The van der Waals surface area contributed by atoms with Crippen molar-refractivity contribution in [3.05, 3.63) is 63.5 Å². The number of nitrogens with zero attached hydrogens (tertiary/aromatic N) is 3. The molecule has 206 valence electrons. The summed E-state index contributed by atoms with van der Waals surface area (Å²) >= 11 is 0.953. The van der Waals surface area contributed by atoms with Gasteiger partial charge in [0.15, 0.2) is 0 Å². The van der Waals surface area contributed by atoms with E-state index in [1.807, 2.05) is 4.95 Å². The average Bonchev–Trinajstić information content (AvgIpc) is 3.34. The molecular weight excluding hydrogens is 560 g/mol. The minimum absolute atomic E-state index is 0.00600. The van der Waals surface area contributed by atoms with Crippen LogP contribution in [0.25, 0.3) is 10.6 Å². The van der Waals surface area contributed by atoms with E-state index in [9.17, 15) is 31.4 Å². The monoisotopic (exact) mass is 581 g/mol. The number of hydrogen-bond donors (Lipinski definition) is 1. The molecule has 38 heavy (non-hydrogen) atoms. The molecule has 0 aliphatic rings. The molecule has 1 N–H and O–H groups in total. The van der Waals surface area contributed by atoms with Crippen LogP contribution in [0.4, 0.5) is 22.0 Å². The minimum atomic E-state index is -4.73. The van der Waals surface area contributed by atoms with E-state index in [0.717, 1.165) is 35.6 Å². The largest absolute Gasteiger partial charge is 0.493 e. The highest BCUT2D eigenvalue weighted by atomic mass is 32.1. The molecule has 0 aliphatic carbocycles. The Morgan fingerprint density at radius 3 is 2.34 bits per heavy atom. The van der Waals surface area contributed by atoms with Crippen molar-refractivity contribution in [2.75, 3.05) is 19.8 Å². The smallest absolute Gasteiger partial charge is 0.487 e. The first-order chi connectivity index (χ1) is 17.9. The third kappa shape index (κ3) is 8.51. The van der Waals surface area contributed by atoms with Gasteiger partial charge in [0.1, 0.15) is 33.1 Å². The first-order valence-corrected chi connectivity index (χ1v) is 13.3. The van der Waals surface area contributed by atoms with Gasteiger partial charge in [0.05, 0.1) is 25.4 Å². The molecule has 0 spiro atoms. The van der Waals surface area contributed by atoms with Gasteiger partial charge in [0.25, 0.3) is 0 Å². The molecule has 0 radical (unpaired) electrons. The summed E-state index contributed by atoms with van der Waals surface area (Å²) in [6, 6.07) is 6.16. The van der Waals surface area contributed by atoms with Crippen LogP contribution < -0.4 is 9.47 Å². The Balaban J connectivity index is 1.59. The van der Waals surface area contributed by atoms with Gasteiger partial charge >= 0.3 is 13.9 Å². The van der Waals surface area contributed by atoms with E-state index >= 15 is 0 Å². The maximum atomic E-state index is 13.7. The zero-order chi connectivity index (χ0) is 27.9. The van der Waals surface area contributed by atoms with E-state index in [0.29, 0.717) is 23.9 Å². The highest BCUT2D eigenvalue weighted by Gasteiger charge is 2.35. The molecule has 2 atom stereocenters. The lowest BCUT2D eigenvalue weighted by atomic mass is 10.1. The van der Waals surface area contributed by atoms with Gasteiger partial charge in [-0.25, -0.2) is 13.3 Å². The number of halogens is 5. The fraction of sp³-hybridized carbons (Fsp3) is 0.364. The van der Waals surface area contributed by atoms with Crippen molar-refractivity contribution in [3.63, 3.8) is 0 Å². The summed E-state index contributed by atoms with van der Waals surface area (Å²) in [7, 11) is -4.61. The molecule has 3 rings (SSSR count). The fourth-order valence-corrected chi connectivity index (χ4v) is 4.39. The lowest BCUT2D eigenvalue weighted by Crippen LogP contribution is -2.10. The minimum Gasteiger partial charge on any atom is -0.493 e. The third-order valence-corrected chi connectivity index (χ3v) is 6.79. The molecule has 0 aliphatic heterocycles. The van der Waals surface area contributed by atoms with E-state index < -0.39 is 37.0 Å². The molecule has 0 saturated carbocycles. The molecule has 2 aromatic carbocycles. The zero-order valence-electron chi connectivity index (χ0n) is 19.7. The van der Waals surface area contributed by atoms with Crippen molar-refractivity contribution in [2.45, 2.75) is 31.9 Å². The molecule has 3 aromatic rings. The molecule has 1 aromatic heterocycles. The molecule has 0 saturated heterocycles. The van der Waals surface area contributed by atoms with Crippen molar-refractivity contribution in [1.29, 1.82) is 0 Å². The van der Waals surface area contributed by atoms with Gasteiger partial charge in [-0.3, -0.25) is 4.52 Å². The second kappa shape index (κ2) is 12.7. The molecule has 16 heteroatoms. The summed E-state index contributed by atoms with van der Waals surface area (Å²) in [5.41, 5.74) is -0.896. The van der Waals surface area contributed by atoms with Crippen LogP contribution >= 0.6 is 19.1 Å². The van der Waals surface area contributed by atoms with Gasteiger partial charge in [-0.05, 0) is 31.0 Å². The Kier molecular flexibility index (Phi) is 9.88. The first-order valence-electron chi connectivity index (χ1n) is 11.0. The number of rotatable bonds is 13. The van der Waals surface area contributed by atoms with E-state index in [4.69, 9.17) is 14.4 Å². The van der Waals surface area contributed by atoms with Crippen molar-refractivity contribution in [3.8, 4) is 22.1 Å². The average molecular weight is 581 g/mol. The van der Waals surface area contributed by atoms with Crippen LogP contribution in [0.15, 0.2) is 41.3 Å². The number of unbranched alkanes of at least 4 members (excludes halogenated alkanes) is 1. The SMILES string of the molecule is CC(COP(=O)(O)N=O)c1nnc(-c2ccc(OCCCCOc3cc(F)cc(F)c3)c(C(F)(F)F)c2)s1. The second-order valence-corrected chi connectivity index (χ2v) is 10.3. The molecule has 2 unspecified atom stereocenters. The van der Waals surface area contributed by atoms with Crippen LogP contribution in [0.1, 0.15) is 36.3 Å². The highest BCUT2D eigenvalue weighted by Crippen LogP contribution is 2.44. The predicted octanol–water partition coefficient (Wildman–Crippen LogP) is 6.73. The summed E-state index contributed by atoms with van der Waals surface area (Å²) in [6.07, 6.45) is -4.05. The Labute approximate surface area is 217 Å². The number of alkyl halides is 3. The van der Waals surface area contributed by atoms with Gasteiger partial charge < -0.3 is 14.4 Å². The Morgan fingerprint density at radius 1 is 1.05 bits per heavy atom. The highest BCUT2D eigenvalue weighted by molar-refractivity contribution is 7.51. The maximum Gasteiger partial charge on any atom is 0.487 e. The number of ether oxygens (including phenoxy) is 2. The van der Waals surface area contributed by atoms with E-state index in [1.165, 1.54) is 6.07 Å². The van der Waals surface area contributed by atoms with E-state index in [-0.39, 0.29) is 41.9 Å². The van der Waals surface area contributed by atoms with E-state index in [2.05, 4.69) is 14.7 Å². The summed E-state index contributed by atoms with van der Waals surface area (Å²) < 4.78 is 93.8. The Hall–Kier alpha value is -3.00. The maximum absolute atomic E-state index is 13.7. The number of benzene rings is 2. The lowest BCUT2D eigenvalue weighted by Gasteiger charge is -2.15. The number of aromatic nitrogens is 2. The Bertz CT molecular complexity index is 1290. The second-order valence-electron chi connectivity index (χ2n) is 7.93. The van der Waals surface area contributed by atoms with Gasteiger partial charge in [-0.15, -0.1) is 15.1 Å². The molecule has 0 amide bonds. The normalized spacial score (nSPS) is 14.1. The van der Waals surface area contributed by atoms with Crippen molar-refractivity contribution in [1.82, 2.24) is 10.2 Å². The topological polar surface area (TPSA) is 120 Å². The quantitative estimate of drug-likeness (QED) is 0.102. The van der Waals surface area contributed by atoms with Gasteiger partial charge in [0, 0.05) is 34.6 Å². The van der Waals surface area contributed by atoms with Crippen molar-refractivity contribution < 1.29 is 45.4 Å². The molecule has 0 bridgehead atoms. The van der Waals surface area contributed by atoms with Gasteiger partial charge in [-0.1, -0.05) is 18.3 Å². The lowest BCUT2D eigenvalue weighted by molar-refractivity contribution is -0.138. The standard InChI is InChI=1S/C22H21F5N3O6PS/c1-13(12-36-37(32,33)30-31)20-28-29-21(38-20)14-4-5-19(18(8-14)22(25,26)27)35-7-3-2-6-34-17-10-15(23)9-16(24)11-17/h4-5,8-11,13H,2-3,6-7,12H2,1H3,(H,32,33). The summed E-state index contributed by atoms with van der Waals surface area (Å²) in [6.45, 7) is 1.21. The predicted molar refractivity (Wildman–Crippen MR) is 127 cm³/mol. The zero-order valence-corrected chi connectivity index (χ0v) is 21.4.